The molecule has 3 heterocycles. The standard InChI is InChI=1S/C18H21N3O3S/c1-24-16-2-4-17(5-3-16)25(22,23)18-7-15(9-19-10-18)21-11-13-6-14(12-21)20-8-13/h2-5,7,9-10,13-14,20H,6,8,11-12H2,1H3. The molecule has 0 spiro atoms. The van der Waals surface area contributed by atoms with Crippen LogP contribution in [0, 0.1) is 5.92 Å². The number of methoxy groups -OCH3 is 1. The van der Waals surface area contributed by atoms with Gasteiger partial charge in [0.2, 0.25) is 9.84 Å². The first-order chi connectivity index (χ1) is 12.1. The maximum absolute atomic E-state index is 12.9. The quantitative estimate of drug-likeness (QED) is 0.896. The number of anilines is 1. The monoisotopic (exact) mass is 359 g/mol. The van der Waals surface area contributed by atoms with E-state index in [1.807, 2.05) is 0 Å². The molecule has 4 rings (SSSR count). The van der Waals surface area contributed by atoms with Gasteiger partial charge in [-0.2, -0.15) is 0 Å². The number of benzene rings is 1. The van der Waals surface area contributed by atoms with Gasteiger partial charge in [0.15, 0.2) is 0 Å². The van der Waals surface area contributed by atoms with Crippen LogP contribution in [0.1, 0.15) is 6.42 Å². The molecule has 0 amide bonds. The van der Waals surface area contributed by atoms with Crippen LogP contribution in [-0.2, 0) is 9.84 Å². The summed E-state index contributed by atoms with van der Waals surface area (Å²) in [5.74, 6) is 1.25. The fourth-order valence-corrected chi connectivity index (χ4v) is 4.90. The van der Waals surface area contributed by atoms with Gasteiger partial charge in [-0.1, -0.05) is 0 Å². The molecule has 1 aromatic heterocycles. The Labute approximate surface area is 147 Å². The lowest BCUT2D eigenvalue weighted by Gasteiger charge is -2.32. The highest BCUT2D eigenvalue weighted by Gasteiger charge is 2.33. The zero-order chi connectivity index (χ0) is 17.4. The van der Waals surface area contributed by atoms with Crippen LogP contribution in [0.3, 0.4) is 0 Å². The van der Waals surface area contributed by atoms with Crippen molar-refractivity contribution in [1.82, 2.24) is 10.3 Å². The molecule has 2 unspecified atom stereocenters. The van der Waals surface area contributed by atoms with E-state index in [1.165, 1.54) is 12.6 Å². The third-order valence-electron chi connectivity index (χ3n) is 4.98. The molecule has 6 nitrogen and oxygen atoms in total. The highest BCUT2D eigenvalue weighted by molar-refractivity contribution is 7.91. The number of pyridine rings is 1. The molecule has 1 aromatic carbocycles. The molecule has 0 radical (unpaired) electrons. The molecule has 2 bridgehead atoms. The van der Waals surface area contributed by atoms with Gasteiger partial charge < -0.3 is 15.0 Å². The zero-order valence-electron chi connectivity index (χ0n) is 14.1. The van der Waals surface area contributed by atoms with E-state index >= 15 is 0 Å². The molecule has 0 aliphatic carbocycles. The number of aromatic nitrogens is 1. The maximum atomic E-state index is 12.9. The van der Waals surface area contributed by atoms with Gasteiger partial charge in [0, 0.05) is 31.9 Å². The van der Waals surface area contributed by atoms with Crippen LogP contribution in [0.2, 0.25) is 0 Å². The molecular weight excluding hydrogens is 338 g/mol. The molecule has 2 aliphatic heterocycles. The van der Waals surface area contributed by atoms with Gasteiger partial charge in [-0.05, 0) is 42.7 Å². The molecular formula is C18H21N3O3S. The summed E-state index contributed by atoms with van der Waals surface area (Å²) in [7, 11) is -2.04. The number of nitrogens with one attached hydrogen (secondary N) is 1. The Morgan fingerprint density at radius 1 is 1.16 bits per heavy atom. The summed E-state index contributed by atoms with van der Waals surface area (Å²) >= 11 is 0. The van der Waals surface area contributed by atoms with Gasteiger partial charge in [-0.15, -0.1) is 0 Å². The number of sulfone groups is 1. The summed E-state index contributed by atoms with van der Waals surface area (Å²) in [6.45, 7) is 2.87. The van der Waals surface area contributed by atoms with Gasteiger partial charge in [0.05, 0.1) is 28.8 Å². The fraction of sp³-hybridized carbons (Fsp3) is 0.389. The Bertz CT molecular complexity index is 855. The van der Waals surface area contributed by atoms with Crippen LogP contribution in [-0.4, -0.2) is 46.2 Å². The number of piperidine rings is 1. The molecule has 132 valence electrons. The van der Waals surface area contributed by atoms with Crippen LogP contribution >= 0.6 is 0 Å². The van der Waals surface area contributed by atoms with E-state index in [0.717, 1.165) is 25.3 Å². The number of hydrogen-bond donors (Lipinski definition) is 1. The molecule has 25 heavy (non-hydrogen) atoms. The summed E-state index contributed by atoms with van der Waals surface area (Å²) in [5.41, 5.74) is 0.869. The SMILES string of the molecule is COc1ccc(S(=O)(=O)c2cncc(N3CC4CNC(C4)C3)c2)cc1. The molecule has 7 heteroatoms. The lowest BCUT2D eigenvalue weighted by atomic mass is 10.00. The van der Waals surface area contributed by atoms with Crippen LogP contribution < -0.4 is 15.0 Å². The van der Waals surface area contributed by atoms with Crippen molar-refractivity contribution in [3.8, 4) is 5.75 Å². The van der Waals surface area contributed by atoms with Crippen molar-refractivity contribution in [2.75, 3.05) is 31.6 Å². The average molecular weight is 359 g/mol. The molecule has 2 saturated heterocycles. The first-order valence-corrected chi connectivity index (χ1v) is 9.87. The second-order valence-corrected chi connectivity index (χ2v) is 8.62. The lowest BCUT2D eigenvalue weighted by Crippen LogP contribution is -2.41. The lowest BCUT2D eigenvalue weighted by molar-refractivity contribution is 0.414. The Hall–Kier alpha value is -2.12. The van der Waals surface area contributed by atoms with E-state index in [-0.39, 0.29) is 9.79 Å². The van der Waals surface area contributed by atoms with Crippen molar-refractivity contribution in [3.05, 3.63) is 42.7 Å². The number of rotatable bonds is 4. The first kappa shape index (κ1) is 16.4. The minimum atomic E-state index is -3.60. The van der Waals surface area contributed by atoms with Crippen LogP contribution in [0.5, 0.6) is 5.75 Å². The normalized spacial score (nSPS) is 22.8. The van der Waals surface area contributed by atoms with Crippen molar-refractivity contribution >= 4 is 15.5 Å². The molecule has 0 saturated carbocycles. The summed E-state index contributed by atoms with van der Waals surface area (Å²) < 4.78 is 30.9. The van der Waals surface area contributed by atoms with Crippen LogP contribution in [0.4, 0.5) is 5.69 Å². The third kappa shape index (κ3) is 3.09. The van der Waals surface area contributed by atoms with Crippen LogP contribution in [0.25, 0.3) is 0 Å². The third-order valence-corrected chi connectivity index (χ3v) is 6.71. The van der Waals surface area contributed by atoms with Gasteiger partial charge >= 0.3 is 0 Å². The fourth-order valence-electron chi connectivity index (χ4n) is 3.66. The smallest absolute Gasteiger partial charge is 0.208 e. The zero-order valence-corrected chi connectivity index (χ0v) is 14.9. The van der Waals surface area contributed by atoms with E-state index in [0.29, 0.717) is 17.7 Å². The van der Waals surface area contributed by atoms with Crippen molar-refractivity contribution in [1.29, 1.82) is 0 Å². The van der Waals surface area contributed by atoms with Crippen molar-refractivity contribution in [2.45, 2.75) is 22.3 Å². The maximum Gasteiger partial charge on any atom is 0.208 e. The highest BCUT2D eigenvalue weighted by atomic mass is 32.2. The van der Waals surface area contributed by atoms with Gasteiger partial charge in [-0.3, -0.25) is 4.98 Å². The Kier molecular flexibility index (Phi) is 4.13. The largest absolute Gasteiger partial charge is 0.497 e. The Morgan fingerprint density at radius 2 is 1.96 bits per heavy atom. The highest BCUT2D eigenvalue weighted by Crippen LogP contribution is 2.29. The van der Waals surface area contributed by atoms with E-state index < -0.39 is 9.84 Å². The van der Waals surface area contributed by atoms with Crippen molar-refractivity contribution < 1.29 is 13.2 Å². The van der Waals surface area contributed by atoms with E-state index in [9.17, 15) is 8.42 Å². The number of fused-ring (bicyclic) bond motifs is 2. The van der Waals surface area contributed by atoms with Crippen molar-refractivity contribution in [2.24, 2.45) is 5.92 Å². The number of hydrogen-bond acceptors (Lipinski definition) is 6. The molecule has 2 aromatic rings. The average Bonchev–Trinajstić information content (AvgIpc) is 2.99. The summed E-state index contributed by atoms with van der Waals surface area (Å²) in [6.07, 6.45) is 4.37. The molecule has 2 atom stereocenters. The first-order valence-electron chi connectivity index (χ1n) is 8.39. The second kappa shape index (κ2) is 6.31. The topological polar surface area (TPSA) is 71.5 Å². The van der Waals surface area contributed by atoms with Gasteiger partial charge in [0.1, 0.15) is 5.75 Å². The Morgan fingerprint density at radius 3 is 2.68 bits per heavy atom. The summed E-state index contributed by atoms with van der Waals surface area (Å²) in [6, 6.07) is 8.64. The molecule has 2 fully saturated rings. The van der Waals surface area contributed by atoms with Gasteiger partial charge in [-0.25, -0.2) is 8.42 Å². The van der Waals surface area contributed by atoms with E-state index in [4.69, 9.17) is 4.74 Å². The number of nitrogens with zero attached hydrogens (tertiary/aromatic N) is 2. The predicted molar refractivity (Wildman–Crippen MR) is 94.8 cm³/mol. The van der Waals surface area contributed by atoms with Gasteiger partial charge in [0.25, 0.3) is 0 Å². The summed E-state index contributed by atoms with van der Waals surface area (Å²) in [4.78, 5) is 6.89. The molecule has 1 N–H and O–H groups in total. The number of ether oxygens (including phenoxy) is 1. The van der Waals surface area contributed by atoms with E-state index in [1.54, 1.807) is 43.6 Å². The Balaban J connectivity index is 1.64. The minimum absolute atomic E-state index is 0.223. The van der Waals surface area contributed by atoms with E-state index in [2.05, 4.69) is 15.2 Å². The van der Waals surface area contributed by atoms with Crippen molar-refractivity contribution in [3.63, 3.8) is 0 Å². The summed E-state index contributed by atoms with van der Waals surface area (Å²) in [5, 5.41) is 3.51. The van der Waals surface area contributed by atoms with Crippen LogP contribution in [0.15, 0.2) is 52.5 Å². The minimum Gasteiger partial charge on any atom is -0.497 e. The molecule has 2 aliphatic rings. The second-order valence-electron chi connectivity index (χ2n) is 6.67. The predicted octanol–water partition coefficient (Wildman–Crippen LogP) is 1.72.